The van der Waals surface area contributed by atoms with Crippen molar-refractivity contribution in [2.24, 2.45) is 0 Å². The number of carbonyl (C=O) groups excluding carboxylic acids is 1. The lowest BCUT2D eigenvalue weighted by Crippen LogP contribution is -2.34. The molecule has 0 aliphatic carbocycles. The van der Waals surface area contributed by atoms with Crippen LogP contribution < -0.4 is 5.32 Å². The Kier molecular flexibility index (Phi) is 4.06. The van der Waals surface area contributed by atoms with Crippen LogP contribution in [-0.2, 0) is 0 Å². The third kappa shape index (κ3) is 2.64. The topological polar surface area (TPSA) is 35.6 Å². The molecule has 1 saturated heterocycles. The Labute approximate surface area is 114 Å². The SMILES string of the molecule is CNCCN1CC(c2ccc(Br)s2)N(C)C1=O. The minimum Gasteiger partial charge on any atom is -0.321 e. The first-order chi connectivity index (χ1) is 8.13. The molecule has 2 rings (SSSR count). The molecule has 17 heavy (non-hydrogen) atoms. The molecule has 1 N–H and O–H groups in total. The van der Waals surface area contributed by atoms with Crippen LogP contribution in [0.3, 0.4) is 0 Å². The molecule has 0 aromatic carbocycles. The zero-order valence-corrected chi connectivity index (χ0v) is 12.3. The van der Waals surface area contributed by atoms with Crippen molar-refractivity contribution in [3.63, 3.8) is 0 Å². The zero-order valence-electron chi connectivity index (χ0n) is 9.94. The van der Waals surface area contributed by atoms with Gasteiger partial charge in [-0.3, -0.25) is 0 Å². The van der Waals surface area contributed by atoms with Gasteiger partial charge >= 0.3 is 6.03 Å². The standard InChI is InChI=1S/C11H16BrN3OS/c1-13-5-6-15-7-8(14(2)11(15)16)9-3-4-10(12)17-9/h3-4,8,13H,5-7H2,1-2H3. The largest absolute Gasteiger partial charge is 0.321 e. The summed E-state index contributed by atoms with van der Waals surface area (Å²) in [5.74, 6) is 0. The van der Waals surface area contributed by atoms with Gasteiger partial charge in [0.2, 0.25) is 0 Å². The molecule has 0 radical (unpaired) electrons. The lowest BCUT2D eigenvalue weighted by molar-refractivity contribution is 0.196. The Morgan fingerprint density at radius 2 is 2.35 bits per heavy atom. The van der Waals surface area contributed by atoms with Crippen molar-refractivity contribution in [2.45, 2.75) is 6.04 Å². The van der Waals surface area contributed by atoms with Crippen LogP contribution in [-0.4, -0.2) is 49.6 Å². The molecule has 0 bridgehead atoms. The molecule has 1 aliphatic heterocycles. The Balaban J connectivity index is 2.08. The second-order valence-electron chi connectivity index (χ2n) is 4.10. The van der Waals surface area contributed by atoms with Gasteiger partial charge in [0.05, 0.1) is 9.83 Å². The smallest absolute Gasteiger partial charge is 0.320 e. The molecule has 6 heteroatoms. The van der Waals surface area contributed by atoms with Crippen LogP contribution in [0.4, 0.5) is 4.79 Å². The number of nitrogens with zero attached hydrogens (tertiary/aromatic N) is 2. The molecule has 1 unspecified atom stereocenters. The van der Waals surface area contributed by atoms with Crippen LogP contribution in [0.5, 0.6) is 0 Å². The first kappa shape index (κ1) is 12.9. The average molecular weight is 318 g/mol. The predicted molar refractivity (Wildman–Crippen MR) is 73.4 cm³/mol. The maximum atomic E-state index is 12.0. The number of thiophene rings is 1. The number of hydrogen-bond acceptors (Lipinski definition) is 3. The first-order valence-electron chi connectivity index (χ1n) is 5.55. The fourth-order valence-electron chi connectivity index (χ4n) is 1.99. The number of hydrogen-bond donors (Lipinski definition) is 1. The number of halogens is 1. The highest BCUT2D eigenvalue weighted by atomic mass is 79.9. The Bertz CT molecular complexity index is 409. The van der Waals surface area contributed by atoms with E-state index in [1.807, 2.05) is 30.0 Å². The van der Waals surface area contributed by atoms with Crippen molar-refractivity contribution in [2.75, 3.05) is 33.7 Å². The fourth-order valence-corrected chi connectivity index (χ4v) is 3.55. The zero-order chi connectivity index (χ0) is 12.4. The van der Waals surface area contributed by atoms with E-state index in [-0.39, 0.29) is 12.1 Å². The molecule has 2 heterocycles. The first-order valence-corrected chi connectivity index (χ1v) is 7.16. The number of nitrogens with one attached hydrogen (secondary N) is 1. The Morgan fingerprint density at radius 1 is 1.59 bits per heavy atom. The van der Waals surface area contributed by atoms with Crippen molar-refractivity contribution in [3.8, 4) is 0 Å². The quantitative estimate of drug-likeness (QED) is 0.923. The molecule has 1 aliphatic rings. The van der Waals surface area contributed by atoms with Gasteiger partial charge in [-0.15, -0.1) is 11.3 Å². The number of rotatable bonds is 4. The van der Waals surface area contributed by atoms with Gasteiger partial charge in [-0.1, -0.05) is 0 Å². The van der Waals surface area contributed by atoms with Crippen LogP contribution in [0.25, 0.3) is 0 Å². The van der Waals surface area contributed by atoms with Crippen molar-refractivity contribution >= 4 is 33.3 Å². The molecule has 0 spiro atoms. The molecular weight excluding hydrogens is 302 g/mol. The minimum absolute atomic E-state index is 0.120. The van der Waals surface area contributed by atoms with Gasteiger partial charge in [0.15, 0.2) is 0 Å². The molecule has 1 fully saturated rings. The van der Waals surface area contributed by atoms with Gasteiger partial charge in [-0.2, -0.15) is 0 Å². The molecule has 1 aromatic rings. The summed E-state index contributed by atoms with van der Waals surface area (Å²) in [5, 5.41) is 3.07. The third-order valence-corrected chi connectivity index (χ3v) is 4.71. The minimum atomic E-state index is 0.120. The van der Waals surface area contributed by atoms with Crippen molar-refractivity contribution in [1.29, 1.82) is 0 Å². The van der Waals surface area contributed by atoms with E-state index in [2.05, 4.69) is 27.3 Å². The maximum Gasteiger partial charge on any atom is 0.320 e. The lowest BCUT2D eigenvalue weighted by atomic mass is 10.2. The number of carbonyl (C=O) groups is 1. The van der Waals surface area contributed by atoms with E-state index in [4.69, 9.17) is 0 Å². The highest BCUT2D eigenvalue weighted by Crippen LogP contribution is 2.34. The molecule has 94 valence electrons. The van der Waals surface area contributed by atoms with Gasteiger partial charge in [0.1, 0.15) is 0 Å². The molecule has 2 amide bonds. The summed E-state index contributed by atoms with van der Waals surface area (Å²) in [6.07, 6.45) is 0. The summed E-state index contributed by atoms with van der Waals surface area (Å²) in [6.45, 7) is 2.38. The summed E-state index contributed by atoms with van der Waals surface area (Å²) in [7, 11) is 3.78. The number of amides is 2. The molecular formula is C11H16BrN3OS. The van der Waals surface area contributed by atoms with Gasteiger partial charge in [0, 0.05) is 31.6 Å². The molecule has 4 nitrogen and oxygen atoms in total. The Morgan fingerprint density at radius 3 is 2.94 bits per heavy atom. The molecule has 1 atom stereocenters. The summed E-state index contributed by atoms with van der Waals surface area (Å²) in [5.41, 5.74) is 0. The second kappa shape index (κ2) is 5.37. The van der Waals surface area contributed by atoms with Crippen molar-refractivity contribution in [1.82, 2.24) is 15.1 Å². The maximum absolute atomic E-state index is 12.0. The summed E-state index contributed by atoms with van der Waals surface area (Å²) >= 11 is 5.16. The van der Waals surface area contributed by atoms with E-state index in [1.165, 1.54) is 4.88 Å². The van der Waals surface area contributed by atoms with Crippen molar-refractivity contribution in [3.05, 3.63) is 20.8 Å². The highest BCUT2D eigenvalue weighted by molar-refractivity contribution is 9.11. The van der Waals surface area contributed by atoms with Crippen LogP contribution in [0.1, 0.15) is 10.9 Å². The number of likely N-dealkylation sites (N-methyl/N-ethyl adjacent to an activating group) is 2. The van der Waals surface area contributed by atoms with E-state index in [0.29, 0.717) is 0 Å². The van der Waals surface area contributed by atoms with Crippen LogP contribution in [0.15, 0.2) is 15.9 Å². The lowest BCUT2D eigenvalue weighted by Gasteiger charge is -2.16. The third-order valence-electron chi connectivity index (χ3n) is 2.99. The van der Waals surface area contributed by atoms with Crippen LogP contribution in [0.2, 0.25) is 0 Å². The van der Waals surface area contributed by atoms with Gasteiger partial charge < -0.3 is 15.1 Å². The van der Waals surface area contributed by atoms with Crippen molar-refractivity contribution < 1.29 is 4.79 Å². The van der Waals surface area contributed by atoms with E-state index in [9.17, 15) is 4.79 Å². The summed E-state index contributed by atoms with van der Waals surface area (Å²) in [6, 6.07) is 4.43. The van der Waals surface area contributed by atoms with E-state index < -0.39 is 0 Å². The Hall–Kier alpha value is -0.590. The second-order valence-corrected chi connectivity index (χ2v) is 6.60. The van der Waals surface area contributed by atoms with Crippen LogP contribution >= 0.6 is 27.3 Å². The van der Waals surface area contributed by atoms with Gasteiger partial charge in [-0.25, -0.2) is 4.79 Å². The average Bonchev–Trinajstić information content (AvgIpc) is 2.84. The molecule has 1 aromatic heterocycles. The van der Waals surface area contributed by atoms with Crippen LogP contribution in [0, 0.1) is 0 Å². The highest BCUT2D eigenvalue weighted by Gasteiger charge is 2.35. The summed E-state index contributed by atoms with van der Waals surface area (Å²) in [4.78, 5) is 17.0. The van der Waals surface area contributed by atoms with Gasteiger partial charge in [-0.05, 0) is 35.1 Å². The van der Waals surface area contributed by atoms with E-state index in [0.717, 1.165) is 23.4 Å². The van der Waals surface area contributed by atoms with E-state index >= 15 is 0 Å². The molecule has 0 saturated carbocycles. The van der Waals surface area contributed by atoms with E-state index in [1.54, 1.807) is 11.3 Å². The number of urea groups is 1. The predicted octanol–water partition coefficient (Wildman–Crippen LogP) is 2.14. The summed E-state index contributed by atoms with van der Waals surface area (Å²) < 4.78 is 1.11. The fraction of sp³-hybridized carbons (Fsp3) is 0.545. The normalized spacial score (nSPS) is 20.4. The monoisotopic (exact) mass is 317 g/mol. The van der Waals surface area contributed by atoms with Gasteiger partial charge in [0.25, 0.3) is 0 Å².